The van der Waals surface area contributed by atoms with Crippen molar-refractivity contribution in [1.29, 1.82) is 0 Å². The minimum absolute atomic E-state index is 0.197. The number of carboxylic acid groups (broad SMARTS) is 1. The van der Waals surface area contributed by atoms with Crippen LogP contribution in [0.15, 0.2) is 48.5 Å². The molecule has 5 nitrogen and oxygen atoms in total. The van der Waals surface area contributed by atoms with Crippen LogP contribution in [0.4, 0.5) is 11.4 Å². The van der Waals surface area contributed by atoms with E-state index >= 15 is 0 Å². The Bertz CT molecular complexity index is 1280. The Morgan fingerprint density at radius 1 is 0.906 bits per heavy atom. The molecule has 0 fully saturated rings. The van der Waals surface area contributed by atoms with Gasteiger partial charge in [0.15, 0.2) is 0 Å². The lowest BCUT2D eigenvalue weighted by Gasteiger charge is -2.16. The molecule has 0 aliphatic heterocycles. The van der Waals surface area contributed by atoms with Gasteiger partial charge in [-0.1, -0.05) is 24.8 Å². The summed E-state index contributed by atoms with van der Waals surface area (Å²) in [7, 11) is 0. The average Bonchev–Trinajstić information content (AvgIpc) is 2.75. The van der Waals surface area contributed by atoms with Gasteiger partial charge in [-0.25, -0.2) is 4.79 Å². The second-order valence-corrected chi connectivity index (χ2v) is 7.82. The Hall–Kier alpha value is -3.73. The van der Waals surface area contributed by atoms with Crippen molar-refractivity contribution >= 4 is 29.5 Å². The Kier molecular flexibility index (Phi) is 6.89. The molecule has 0 unspecified atom stereocenters. The molecule has 0 aliphatic rings. The molecule has 166 valence electrons. The monoisotopic (exact) mass is 431 g/mol. The molecule has 0 saturated heterocycles. The third-order valence-electron chi connectivity index (χ3n) is 5.51. The summed E-state index contributed by atoms with van der Waals surface area (Å²) in [6.07, 6.45) is 0. The highest BCUT2D eigenvalue weighted by atomic mass is 16.4. The van der Waals surface area contributed by atoms with Crippen LogP contribution in [0.5, 0.6) is 5.75 Å². The van der Waals surface area contributed by atoms with Gasteiger partial charge in [-0.3, -0.25) is 0 Å². The molecule has 0 amide bonds. The first-order valence-corrected chi connectivity index (χ1v) is 10.8. The third kappa shape index (κ3) is 4.47. The second-order valence-electron chi connectivity index (χ2n) is 7.82. The van der Waals surface area contributed by atoms with Gasteiger partial charge < -0.3 is 20.8 Å². The summed E-state index contributed by atoms with van der Waals surface area (Å²) in [5.41, 5.74) is 6.08. The van der Waals surface area contributed by atoms with Crippen molar-refractivity contribution in [3.63, 3.8) is 0 Å². The lowest BCUT2D eigenvalue weighted by atomic mass is 9.89. The molecule has 0 bridgehead atoms. The van der Waals surface area contributed by atoms with Gasteiger partial charge in [-0.2, -0.15) is 0 Å². The van der Waals surface area contributed by atoms with Crippen LogP contribution in [0.25, 0.3) is 12.2 Å². The van der Waals surface area contributed by atoms with E-state index in [0.717, 1.165) is 46.0 Å². The van der Waals surface area contributed by atoms with Crippen molar-refractivity contribution in [2.24, 2.45) is 0 Å². The number of hydrogen-bond donors (Lipinski definition) is 3. The van der Waals surface area contributed by atoms with E-state index in [9.17, 15) is 9.90 Å². The number of aromatic carboxylic acids is 1. The van der Waals surface area contributed by atoms with Crippen LogP contribution in [-0.4, -0.2) is 29.3 Å². The standard InChI is InChI=1S/C27H30N2O3/c1-6-28-23-14-16(3)21(12-17(23)4)26(19-10-8-9-11-20(19)27(31)32)22-13-18(5)24(29-7-2)15-25(22)30/h8-15,28-30H,3,6-7H2,1-2,4-5H3,(H,31,32)/p+1/b26-21-. The maximum atomic E-state index is 12.1. The molecule has 0 aromatic heterocycles. The molecule has 0 spiro atoms. The van der Waals surface area contributed by atoms with Crippen LogP contribution in [0, 0.1) is 13.8 Å². The SMILES string of the molecule is C=c1cc(NCC)c(C)c/c1=C(/c1cc(C)c(NCC)cc1[OH2+])c1ccccc1C(=O)O. The summed E-state index contributed by atoms with van der Waals surface area (Å²) in [5, 5.41) is 26.9. The Labute approximate surface area is 188 Å². The topological polar surface area (TPSA) is 84.3 Å². The molecule has 3 aromatic carbocycles. The highest BCUT2D eigenvalue weighted by molar-refractivity contribution is 5.97. The summed E-state index contributed by atoms with van der Waals surface area (Å²) in [6.45, 7) is 13.9. The van der Waals surface area contributed by atoms with E-state index in [-0.39, 0.29) is 5.56 Å². The van der Waals surface area contributed by atoms with Gasteiger partial charge in [0, 0.05) is 30.0 Å². The lowest BCUT2D eigenvalue weighted by molar-refractivity contribution is 0.0696. The van der Waals surface area contributed by atoms with E-state index in [1.54, 1.807) is 24.3 Å². The second kappa shape index (κ2) is 9.60. The van der Waals surface area contributed by atoms with E-state index in [1.165, 1.54) is 0 Å². The van der Waals surface area contributed by atoms with Crippen LogP contribution in [0.1, 0.15) is 46.5 Å². The molecule has 0 heterocycles. The molecule has 0 atom stereocenters. The van der Waals surface area contributed by atoms with Gasteiger partial charge >= 0.3 is 5.97 Å². The minimum atomic E-state index is -1.00. The number of rotatable bonds is 7. The highest BCUT2D eigenvalue weighted by Gasteiger charge is 2.21. The Morgan fingerprint density at radius 2 is 1.47 bits per heavy atom. The molecule has 0 saturated carbocycles. The van der Waals surface area contributed by atoms with Crippen molar-refractivity contribution in [2.45, 2.75) is 27.7 Å². The molecule has 5 heteroatoms. The van der Waals surface area contributed by atoms with E-state index in [1.807, 2.05) is 52.0 Å². The lowest BCUT2D eigenvalue weighted by Crippen LogP contribution is -2.28. The molecular formula is C27H31N2O3+. The molecule has 3 rings (SSSR count). The van der Waals surface area contributed by atoms with E-state index < -0.39 is 5.97 Å². The van der Waals surface area contributed by atoms with Gasteiger partial charge in [0.2, 0.25) is 0 Å². The maximum Gasteiger partial charge on any atom is 0.336 e. The number of aryl methyl sites for hydroxylation is 2. The molecule has 32 heavy (non-hydrogen) atoms. The molecule has 3 aromatic rings. The third-order valence-corrected chi connectivity index (χ3v) is 5.51. The Balaban J connectivity index is 2.48. The number of benzene rings is 3. The van der Waals surface area contributed by atoms with Crippen LogP contribution in [0.2, 0.25) is 0 Å². The first-order chi connectivity index (χ1) is 15.3. The first kappa shape index (κ1) is 22.9. The maximum absolute atomic E-state index is 12.1. The fourth-order valence-corrected chi connectivity index (χ4v) is 3.98. The van der Waals surface area contributed by atoms with Gasteiger partial charge in [-0.05, 0) is 79.1 Å². The first-order valence-electron chi connectivity index (χ1n) is 10.8. The summed E-state index contributed by atoms with van der Waals surface area (Å²) < 4.78 is 0. The van der Waals surface area contributed by atoms with Crippen molar-refractivity contribution in [3.05, 3.63) is 86.8 Å². The van der Waals surface area contributed by atoms with Gasteiger partial charge in [0.1, 0.15) is 0 Å². The van der Waals surface area contributed by atoms with Gasteiger partial charge in [0.25, 0.3) is 5.75 Å². The molecular weight excluding hydrogens is 400 g/mol. The zero-order chi connectivity index (χ0) is 23.4. The van der Waals surface area contributed by atoms with E-state index in [4.69, 9.17) is 5.11 Å². The summed E-state index contributed by atoms with van der Waals surface area (Å²) in [4.78, 5) is 12.1. The largest absolute Gasteiger partial charge is 0.593 e. The minimum Gasteiger partial charge on any atom is -0.593 e. The average molecular weight is 432 g/mol. The van der Waals surface area contributed by atoms with Crippen molar-refractivity contribution in [3.8, 4) is 5.75 Å². The predicted molar refractivity (Wildman–Crippen MR) is 134 cm³/mol. The fourth-order valence-electron chi connectivity index (χ4n) is 3.98. The number of anilines is 2. The summed E-state index contributed by atoms with van der Waals surface area (Å²) >= 11 is 0. The van der Waals surface area contributed by atoms with Crippen LogP contribution >= 0.6 is 0 Å². The quantitative estimate of drug-likeness (QED) is 0.495. The van der Waals surface area contributed by atoms with E-state index in [2.05, 4.69) is 17.2 Å². The molecule has 5 N–H and O–H groups in total. The van der Waals surface area contributed by atoms with Crippen LogP contribution in [-0.2, 0) is 0 Å². The van der Waals surface area contributed by atoms with Gasteiger partial charge in [0.05, 0.1) is 17.2 Å². The summed E-state index contributed by atoms with van der Waals surface area (Å²) in [6, 6.07) is 14.7. The van der Waals surface area contributed by atoms with Crippen molar-refractivity contribution < 1.29 is 15.0 Å². The number of carbonyl (C=O) groups is 1. The molecule has 0 radical (unpaired) electrons. The van der Waals surface area contributed by atoms with Gasteiger partial charge in [-0.15, -0.1) is 0 Å². The number of hydrogen-bond acceptors (Lipinski definition) is 3. The summed E-state index contributed by atoms with van der Waals surface area (Å²) in [5.74, 6) is -0.674. The Morgan fingerprint density at radius 3 is 2.06 bits per heavy atom. The van der Waals surface area contributed by atoms with E-state index in [0.29, 0.717) is 22.4 Å². The van der Waals surface area contributed by atoms with Crippen molar-refractivity contribution in [2.75, 3.05) is 23.7 Å². The number of nitrogens with one attached hydrogen (secondary N) is 2. The highest BCUT2D eigenvalue weighted by Crippen LogP contribution is 2.34. The predicted octanol–water partition coefficient (Wildman–Crippen LogP) is 3.96. The normalized spacial score (nSPS) is 11.8. The van der Waals surface area contributed by atoms with Crippen LogP contribution in [0.3, 0.4) is 0 Å². The smallest absolute Gasteiger partial charge is 0.336 e. The zero-order valence-electron chi connectivity index (χ0n) is 19.1. The molecule has 0 aliphatic carbocycles. The number of carboxylic acids is 1. The fraction of sp³-hybridized carbons (Fsp3) is 0.222. The zero-order valence-corrected chi connectivity index (χ0v) is 19.1. The van der Waals surface area contributed by atoms with Crippen LogP contribution < -0.4 is 21.1 Å². The van der Waals surface area contributed by atoms with Crippen molar-refractivity contribution in [1.82, 2.24) is 0 Å².